The number of ether oxygens (including phenoxy) is 1. The first-order valence-corrected chi connectivity index (χ1v) is 8.41. The third kappa shape index (κ3) is 1.42. The minimum atomic E-state index is 0.0532. The minimum Gasteiger partial charge on any atom is -0.497 e. The molecular weight excluding hydrogens is 276 g/mol. The summed E-state index contributed by atoms with van der Waals surface area (Å²) in [6, 6.07) is 6.40. The number of fused-ring (bicyclic) bond motifs is 8. The Morgan fingerprint density at radius 3 is 2.59 bits per heavy atom. The van der Waals surface area contributed by atoms with Crippen LogP contribution in [0.2, 0.25) is 0 Å². The quantitative estimate of drug-likeness (QED) is 0.800. The van der Waals surface area contributed by atoms with Gasteiger partial charge in [0.1, 0.15) is 17.3 Å². The van der Waals surface area contributed by atoms with Gasteiger partial charge < -0.3 is 4.74 Å². The van der Waals surface area contributed by atoms with Crippen molar-refractivity contribution in [2.45, 2.75) is 31.6 Å². The molecule has 4 aliphatic carbocycles. The van der Waals surface area contributed by atoms with E-state index in [0.29, 0.717) is 48.1 Å². The number of hydrogen-bond acceptors (Lipinski definition) is 3. The first-order chi connectivity index (χ1) is 10.7. The van der Waals surface area contributed by atoms with Crippen molar-refractivity contribution < 1.29 is 14.3 Å². The lowest BCUT2D eigenvalue weighted by Crippen LogP contribution is -2.56. The summed E-state index contributed by atoms with van der Waals surface area (Å²) in [5.74, 6) is 3.79. The molecule has 0 unspecified atom stereocenters. The molecular formula is C19H20O3. The number of Topliss-reactive ketones (excluding diaryl/α,β-unsaturated/α-hetero) is 2. The third-order valence-corrected chi connectivity index (χ3v) is 6.86. The van der Waals surface area contributed by atoms with Gasteiger partial charge in [0.2, 0.25) is 0 Å². The van der Waals surface area contributed by atoms with Crippen LogP contribution in [-0.4, -0.2) is 18.7 Å². The average Bonchev–Trinajstić information content (AvgIpc) is 2.98. The second kappa shape index (κ2) is 4.21. The summed E-state index contributed by atoms with van der Waals surface area (Å²) < 4.78 is 5.38. The van der Waals surface area contributed by atoms with Gasteiger partial charge in [-0.3, -0.25) is 9.59 Å². The topological polar surface area (TPSA) is 43.4 Å². The number of hydrogen-bond donors (Lipinski definition) is 0. The Balaban J connectivity index is 1.51. The highest BCUT2D eigenvalue weighted by molar-refractivity contribution is 5.98. The van der Waals surface area contributed by atoms with Gasteiger partial charge in [-0.2, -0.15) is 0 Å². The molecule has 0 bridgehead atoms. The first kappa shape index (κ1) is 12.9. The highest BCUT2D eigenvalue weighted by Gasteiger charge is 2.65. The van der Waals surface area contributed by atoms with Crippen molar-refractivity contribution in [1.82, 2.24) is 0 Å². The number of rotatable bonds is 1. The summed E-state index contributed by atoms with van der Waals surface area (Å²) in [5.41, 5.74) is 2.84. The van der Waals surface area contributed by atoms with Gasteiger partial charge >= 0.3 is 0 Å². The molecule has 0 radical (unpaired) electrons. The molecule has 1 aromatic carbocycles. The molecule has 3 fully saturated rings. The predicted octanol–water partition coefficient (Wildman–Crippen LogP) is 2.77. The molecule has 3 saturated carbocycles. The maximum Gasteiger partial charge on any atom is 0.137 e. The fourth-order valence-corrected chi connectivity index (χ4v) is 6.04. The Hall–Kier alpha value is -1.64. The van der Waals surface area contributed by atoms with Crippen molar-refractivity contribution in [3.05, 3.63) is 29.3 Å². The van der Waals surface area contributed by atoms with E-state index in [4.69, 9.17) is 4.74 Å². The van der Waals surface area contributed by atoms with Crippen molar-refractivity contribution in [2.75, 3.05) is 7.11 Å². The van der Waals surface area contributed by atoms with Crippen molar-refractivity contribution in [1.29, 1.82) is 0 Å². The monoisotopic (exact) mass is 296 g/mol. The third-order valence-electron chi connectivity index (χ3n) is 6.86. The van der Waals surface area contributed by atoms with E-state index in [-0.39, 0.29) is 11.8 Å². The first-order valence-electron chi connectivity index (χ1n) is 8.41. The van der Waals surface area contributed by atoms with E-state index in [0.717, 1.165) is 18.6 Å². The summed E-state index contributed by atoms with van der Waals surface area (Å²) >= 11 is 0. The van der Waals surface area contributed by atoms with E-state index in [2.05, 4.69) is 12.1 Å². The van der Waals surface area contributed by atoms with Gasteiger partial charge in [-0.25, -0.2) is 0 Å². The zero-order chi connectivity index (χ0) is 15.0. The molecule has 3 nitrogen and oxygen atoms in total. The molecule has 0 amide bonds. The number of carbonyl (C=O) groups excluding carboxylic acids is 2. The Morgan fingerprint density at radius 2 is 1.82 bits per heavy atom. The Morgan fingerprint density at radius 1 is 1.05 bits per heavy atom. The zero-order valence-corrected chi connectivity index (χ0v) is 12.7. The summed E-state index contributed by atoms with van der Waals surface area (Å²) in [4.78, 5) is 24.6. The molecule has 0 saturated heterocycles. The number of benzene rings is 1. The maximum absolute atomic E-state index is 12.3. The molecule has 0 N–H and O–H groups in total. The van der Waals surface area contributed by atoms with E-state index >= 15 is 0 Å². The Labute approximate surface area is 130 Å². The second-order valence-corrected chi connectivity index (χ2v) is 7.50. The lowest BCUT2D eigenvalue weighted by molar-refractivity contribution is -0.157. The average molecular weight is 296 g/mol. The van der Waals surface area contributed by atoms with Crippen LogP contribution in [0.1, 0.15) is 36.3 Å². The summed E-state index contributed by atoms with van der Waals surface area (Å²) in [5, 5.41) is 0. The molecule has 0 spiro atoms. The van der Waals surface area contributed by atoms with Gasteiger partial charge in [0, 0.05) is 24.7 Å². The Bertz CT molecular complexity index is 692. The van der Waals surface area contributed by atoms with Crippen molar-refractivity contribution in [2.24, 2.45) is 29.6 Å². The van der Waals surface area contributed by atoms with Gasteiger partial charge in [-0.15, -0.1) is 0 Å². The highest BCUT2D eigenvalue weighted by atomic mass is 16.5. The molecule has 0 heterocycles. The number of carbonyl (C=O) groups is 2. The second-order valence-electron chi connectivity index (χ2n) is 7.50. The summed E-state index contributed by atoms with van der Waals surface area (Å²) in [6.07, 6.45) is 3.15. The molecule has 22 heavy (non-hydrogen) atoms. The largest absolute Gasteiger partial charge is 0.497 e. The number of ketones is 2. The van der Waals surface area contributed by atoms with E-state index < -0.39 is 0 Å². The van der Waals surface area contributed by atoms with Crippen LogP contribution in [-0.2, 0) is 16.0 Å². The summed E-state index contributed by atoms with van der Waals surface area (Å²) in [7, 11) is 1.71. The molecule has 6 atom stereocenters. The smallest absolute Gasteiger partial charge is 0.137 e. The predicted molar refractivity (Wildman–Crippen MR) is 80.8 cm³/mol. The van der Waals surface area contributed by atoms with Crippen LogP contribution in [0.5, 0.6) is 5.75 Å². The standard InChI is InChI=1S/C19H20O3/c1-22-10-3-2-9-6-13-12(11(9)7-10)8-14-17(13)19-16(21)5-4-15(20)18(14)19/h2-3,7,12-14,17-19H,4-6,8H2,1H3/t12-,13+,14-,17+,18-,19-/m1/s1. The molecule has 0 aliphatic heterocycles. The van der Waals surface area contributed by atoms with Crippen LogP contribution in [0.25, 0.3) is 0 Å². The van der Waals surface area contributed by atoms with Crippen molar-refractivity contribution >= 4 is 11.6 Å². The highest BCUT2D eigenvalue weighted by Crippen LogP contribution is 2.67. The van der Waals surface area contributed by atoms with Gasteiger partial charge in [0.25, 0.3) is 0 Å². The van der Waals surface area contributed by atoms with Crippen LogP contribution >= 0.6 is 0 Å². The SMILES string of the molecule is COc1ccc2c(c1)[C@H]1C[C@H]3[C@@H]4C(=O)CCC(=O)[C@@H]4[C@H]3[C@H]1C2. The number of methoxy groups -OCH3 is 1. The zero-order valence-electron chi connectivity index (χ0n) is 12.7. The van der Waals surface area contributed by atoms with Crippen molar-refractivity contribution in [3.8, 4) is 5.75 Å². The molecule has 1 aromatic rings. The van der Waals surface area contributed by atoms with E-state index in [9.17, 15) is 9.59 Å². The van der Waals surface area contributed by atoms with E-state index in [1.54, 1.807) is 7.11 Å². The lowest BCUT2D eigenvalue weighted by Gasteiger charge is -2.51. The lowest BCUT2D eigenvalue weighted by atomic mass is 9.50. The van der Waals surface area contributed by atoms with E-state index in [1.165, 1.54) is 11.1 Å². The van der Waals surface area contributed by atoms with E-state index in [1.807, 2.05) is 6.07 Å². The van der Waals surface area contributed by atoms with Crippen LogP contribution in [0.4, 0.5) is 0 Å². The summed E-state index contributed by atoms with van der Waals surface area (Å²) in [6.45, 7) is 0. The maximum atomic E-state index is 12.3. The fraction of sp³-hybridized carbons (Fsp3) is 0.579. The normalized spacial score (nSPS) is 41.3. The van der Waals surface area contributed by atoms with Crippen LogP contribution in [0, 0.1) is 29.6 Å². The molecule has 114 valence electrons. The Kier molecular flexibility index (Phi) is 2.46. The van der Waals surface area contributed by atoms with Gasteiger partial charge in [0.05, 0.1) is 7.11 Å². The van der Waals surface area contributed by atoms with Gasteiger partial charge in [-0.05, 0) is 59.8 Å². The van der Waals surface area contributed by atoms with Crippen LogP contribution < -0.4 is 4.74 Å². The molecule has 4 aliphatic rings. The van der Waals surface area contributed by atoms with Gasteiger partial charge in [-0.1, -0.05) is 6.07 Å². The minimum absolute atomic E-state index is 0.0532. The van der Waals surface area contributed by atoms with Crippen LogP contribution in [0.15, 0.2) is 18.2 Å². The molecule has 0 aromatic heterocycles. The van der Waals surface area contributed by atoms with Crippen molar-refractivity contribution in [3.63, 3.8) is 0 Å². The van der Waals surface area contributed by atoms with Gasteiger partial charge in [0.15, 0.2) is 0 Å². The van der Waals surface area contributed by atoms with Crippen LogP contribution in [0.3, 0.4) is 0 Å². The molecule has 3 heteroatoms. The molecule has 5 rings (SSSR count). The fourth-order valence-electron chi connectivity index (χ4n) is 6.04.